The first kappa shape index (κ1) is 35.0. The van der Waals surface area contributed by atoms with Gasteiger partial charge in [-0.05, 0) is 104 Å². The molecule has 12 heteroatoms. The van der Waals surface area contributed by atoms with Crippen molar-refractivity contribution in [2.75, 3.05) is 38.3 Å². The van der Waals surface area contributed by atoms with E-state index in [-0.39, 0.29) is 19.1 Å². The highest BCUT2D eigenvalue weighted by atomic mass is 35.5. The molecular formula is C39H40Cl2N4O6. The fraction of sp³-hybridized carbons (Fsp3) is 0.385. The first-order chi connectivity index (χ1) is 24.8. The molecule has 2 aromatic heterocycles. The van der Waals surface area contributed by atoms with E-state index in [1.54, 1.807) is 48.7 Å². The molecule has 4 fully saturated rings. The second-order valence-corrected chi connectivity index (χ2v) is 14.2. The van der Waals surface area contributed by atoms with Crippen LogP contribution in [0, 0.1) is 11.8 Å². The summed E-state index contributed by atoms with van der Waals surface area (Å²) in [6.07, 6.45) is 9.61. The van der Waals surface area contributed by atoms with Crippen LogP contribution in [0.15, 0.2) is 79.4 Å². The van der Waals surface area contributed by atoms with Crippen molar-refractivity contribution in [1.82, 2.24) is 14.9 Å². The third-order valence-corrected chi connectivity index (χ3v) is 10.5. The van der Waals surface area contributed by atoms with Crippen molar-refractivity contribution in [1.29, 1.82) is 0 Å². The summed E-state index contributed by atoms with van der Waals surface area (Å²) in [5.74, 6) is 1.55. The molecule has 51 heavy (non-hydrogen) atoms. The normalized spacial score (nSPS) is 19.9. The highest BCUT2D eigenvalue weighted by Crippen LogP contribution is 2.38. The van der Waals surface area contributed by atoms with Crippen LogP contribution in [0.1, 0.15) is 58.8 Å². The Morgan fingerprint density at radius 1 is 0.941 bits per heavy atom. The molecule has 266 valence electrons. The van der Waals surface area contributed by atoms with Crippen molar-refractivity contribution >= 4 is 41.0 Å². The largest absolute Gasteiger partial charge is 0.493 e. The lowest BCUT2D eigenvalue weighted by Gasteiger charge is -2.44. The zero-order valence-corrected chi connectivity index (χ0v) is 29.9. The lowest BCUT2D eigenvalue weighted by Crippen LogP contribution is -2.53. The van der Waals surface area contributed by atoms with E-state index >= 15 is 0 Å². The van der Waals surface area contributed by atoms with E-state index in [4.69, 9.17) is 42.1 Å². The summed E-state index contributed by atoms with van der Waals surface area (Å²) in [6, 6.07) is 16.1. The number of ether oxygens (including phenoxy) is 4. The van der Waals surface area contributed by atoms with Gasteiger partial charge >= 0.3 is 12.1 Å². The minimum absolute atomic E-state index is 0.132. The molecule has 5 heterocycles. The van der Waals surface area contributed by atoms with E-state index in [2.05, 4.69) is 14.9 Å². The van der Waals surface area contributed by atoms with E-state index in [0.29, 0.717) is 62.4 Å². The number of aromatic nitrogens is 2. The van der Waals surface area contributed by atoms with Gasteiger partial charge in [-0.25, -0.2) is 9.59 Å². The predicted octanol–water partition coefficient (Wildman–Crippen LogP) is 7.96. The van der Waals surface area contributed by atoms with E-state index < -0.39 is 18.2 Å². The molecule has 3 aliphatic heterocycles. The molecule has 2 bridgehead atoms. The fourth-order valence-electron chi connectivity index (χ4n) is 6.68. The van der Waals surface area contributed by atoms with Crippen LogP contribution in [-0.2, 0) is 22.4 Å². The summed E-state index contributed by atoms with van der Waals surface area (Å²) in [7, 11) is 1.59. The topological polar surface area (TPSA) is 103 Å². The van der Waals surface area contributed by atoms with Gasteiger partial charge in [-0.3, -0.25) is 19.8 Å². The lowest BCUT2D eigenvalue weighted by atomic mass is 9.86. The van der Waals surface area contributed by atoms with Gasteiger partial charge in [0.2, 0.25) is 0 Å². The van der Waals surface area contributed by atoms with Crippen molar-refractivity contribution < 1.29 is 28.5 Å². The van der Waals surface area contributed by atoms with Crippen molar-refractivity contribution in [3.63, 3.8) is 0 Å². The number of amides is 1. The lowest BCUT2D eigenvalue weighted by molar-refractivity contribution is -0.0311. The van der Waals surface area contributed by atoms with Crippen LogP contribution in [0.2, 0.25) is 10.0 Å². The van der Waals surface area contributed by atoms with Gasteiger partial charge < -0.3 is 18.9 Å². The van der Waals surface area contributed by atoms with Crippen LogP contribution < -0.4 is 14.4 Å². The number of nitrogens with zero attached hydrogens (tertiary/aromatic N) is 4. The molecule has 1 saturated carbocycles. The van der Waals surface area contributed by atoms with Crippen LogP contribution in [0.3, 0.4) is 0 Å². The maximum atomic E-state index is 13.7. The molecule has 10 nitrogen and oxygen atoms in total. The molecule has 0 N–H and O–H groups in total. The first-order valence-corrected chi connectivity index (χ1v) is 18.1. The molecule has 1 amide bonds. The van der Waals surface area contributed by atoms with Gasteiger partial charge in [0.05, 0.1) is 47.8 Å². The van der Waals surface area contributed by atoms with Gasteiger partial charge in [-0.15, -0.1) is 0 Å². The number of hydrogen-bond acceptors (Lipinski definition) is 9. The molecule has 0 unspecified atom stereocenters. The van der Waals surface area contributed by atoms with E-state index in [1.807, 2.05) is 30.3 Å². The van der Waals surface area contributed by atoms with Crippen LogP contribution in [0.5, 0.6) is 11.5 Å². The van der Waals surface area contributed by atoms with Crippen LogP contribution in [0.4, 0.5) is 10.5 Å². The summed E-state index contributed by atoms with van der Waals surface area (Å²) in [6.45, 7) is 3.70. The molecule has 2 aromatic carbocycles. The molecule has 4 aliphatic rings. The predicted molar refractivity (Wildman–Crippen MR) is 194 cm³/mol. The summed E-state index contributed by atoms with van der Waals surface area (Å²) in [5.41, 5.74) is 3.09. The number of pyridine rings is 2. The molecule has 0 radical (unpaired) electrons. The number of piperidine rings is 3. The Morgan fingerprint density at radius 2 is 1.71 bits per heavy atom. The van der Waals surface area contributed by atoms with Gasteiger partial charge in [0.1, 0.15) is 12.2 Å². The van der Waals surface area contributed by atoms with Gasteiger partial charge in [0, 0.05) is 31.6 Å². The van der Waals surface area contributed by atoms with Crippen molar-refractivity contribution in [3.8, 4) is 11.5 Å². The smallest absolute Gasteiger partial charge is 0.414 e. The summed E-state index contributed by atoms with van der Waals surface area (Å²) in [5, 5.41) is 0.744. The Labute approximate surface area is 307 Å². The molecule has 3 saturated heterocycles. The maximum Gasteiger partial charge on any atom is 0.414 e. The SMILES string of the molecule is COc1ccc([C@H](Cc2c(Cl)cncc2Cl)OC(=O)c2ccc(CN(C(=O)O[C@H]3CN4CCC3CC4)c3cccnc3)cc2)cc1OCC1CC1. The molecule has 4 aromatic rings. The molecular weight excluding hydrogens is 691 g/mol. The second kappa shape index (κ2) is 15.9. The zero-order valence-electron chi connectivity index (χ0n) is 28.4. The van der Waals surface area contributed by atoms with E-state index in [1.165, 1.54) is 12.4 Å². The molecule has 2 atom stereocenters. The van der Waals surface area contributed by atoms with E-state index in [9.17, 15) is 9.59 Å². The van der Waals surface area contributed by atoms with Crippen molar-refractivity contribution in [2.45, 2.75) is 50.9 Å². The third kappa shape index (κ3) is 8.57. The number of fused-ring (bicyclic) bond motifs is 3. The summed E-state index contributed by atoms with van der Waals surface area (Å²) >= 11 is 13.0. The van der Waals surface area contributed by atoms with Crippen LogP contribution >= 0.6 is 23.2 Å². The van der Waals surface area contributed by atoms with Gasteiger partial charge in [0.25, 0.3) is 0 Å². The van der Waals surface area contributed by atoms with Crippen LogP contribution in [0.25, 0.3) is 0 Å². The van der Waals surface area contributed by atoms with Crippen LogP contribution in [-0.4, -0.2) is 66.4 Å². The summed E-state index contributed by atoms with van der Waals surface area (Å²) in [4.78, 5) is 39.6. The van der Waals surface area contributed by atoms with Crippen molar-refractivity contribution in [3.05, 3.63) is 112 Å². The molecule has 1 aliphatic carbocycles. The number of benzene rings is 2. The number of carbonyl (C=O) groups is 2. The number of halogens is 2. The Kier molecular flexibility index (Phi) is 10.9. The maximum absolute atomic E-state index is 13.7. The fourth-order valence-corrected chi connectivity index (χ4v) is 7.20. The summed E-state index contributed by atoms with van der Waals surface area (Å²) < 4.78 is 23.9. The highest BCUT2D eigenvalue weighted by molar-refractivity contribution is 6.35. The third-order valence-electron chi connectivity index (χ3n) is 9.88. The van der Waals surface area contributed by atoms with Gasteiger partial charge in [-0.2, -0.15) is 0 Å². The minimum atomic E-state index is -0.758. The standard InChI is InChI=1S/C39H40Cl2N4O6/c1-48-34-11-10-29(17-36(34)49-24-26-4-5-26)35(18-31-32(40)20-43-21-33(31)41)50-38(46)28-8-6-25(7-9-28)22-45(30-3-2-14-42-19-30)39(47)51-37-23-44-15-12-27(37)13-16-44/h2-3,6-11,14,17,19-21,26-27,35,37H,4-5,12-13,15-16,18,22-24H2,1H3/t35-,37-/m0/s1. The zero-order chi connectivity index (χ0) is 35.3. The average molecular weight is 732 g/mol. The number of anilines is 1. The molecule has 0 spiro atoms. The number of rotatable bonds is 13. The van der Waals surface area contributed by atoms with E-state index in [0.717, 1.165) is 50.9 Å². The number of methoxy groups -OCH3 is 1. The Bertz CT molecular complexity index is 1810. The number of esters is 1. The second-order valence-electron chi connectivity index (χ2n) is 13.4. The average Bonchev–Trinajstić information content (AvgIpc) is 4.00. The molecule has 8 rings (SSSR count). The number of carbonyl (C=O) groups excluding carboxylic acids is 2. The number of hydrogen-bond donors (Lipinski definition) is 0. The first-order valence-electron chi connectivity index (χ1n) is 17.3. The van der Waals surface area contributed by atoms with Gasteiger partial charge in [-0.1, -0.05) is 41.4 Å². The highest BCUT2D eigenvalue weighted by Gasteiger charge is 2.37. The Balaban J connectivity index is 1.09. The minimum Gasteiger partial charge on any atom is -0.493 e. The van der Waals surface area contributed by atoms with Crippen molar-refractivity contribution in [2.24, 2.45) is 11.8 Å². The Morgan fingerprint density at radius 3 is 2.35 bits per heavy atom. The monoisotopic (exact) mass is 730 g/mol. The quantitative estimate of drug-likeness (QED) is 0.127. The Hall–Kier alpha value is -4.38. The van der Waals surface area contributed by atoms with Gasteiger partial charge in [0.15, 0.2) is 11.5 Å².